The van der Waals surface area contributed by atoms with E-state index in [-0.39, 0.29) is 11.1 Å². The predicted molar refractivity (Wildman–Crippen MR) is 91.9 cm³/mol. The predicted octanol–water partition coefficient (Wildman–Crippen LogP) is 3.20. The summed E-state index contributed by atoms with van der Waals surface area (Å²) in [5.41, 5.74) is 3.29. The van der Waals surface area contributed by atoms with Crippen LogP contribution >= 0.6 is 11.8 Å². The smallest absolute Gasteiger partial charge is 0.264 e. The molecule has 3 rings (SSSR count). The zero-order valence-electron chi connectivity index (χ0n) is 12.5. The third-order valence-electron chi connectivity index (χ3n) is 3.58. The van der Waals surface area contributed by atoms with Gasteiger partial charge in [-0.25, -0.2) is 0 Å². The topological polar surface area (TPSA) is 89.6 Å². The van der Waals surface area contributed by atoms with Gasteiger partial charge in [-0.1, -0.05) is 19.4 Å². The highest BCUT2D eigenvalue weighted by Gasteiger charge is 2.22. The monoisotopic (exact) mass is 322 g/mol. The average Bonchev–Trinajstić information content (AvgIpc) is 2.85. The fourth-order valence-corrected chi connectivity index (χ4v) is 3.27. The molecule has 1 aliphatic rings. The second-order valence-electron chi connectivity index (χ2n) is 5.18. The number of rotatable bonds is 3. The summed E-state index contributed by atoms with van der Waals surface area (Å²) in [6.07, 6.45) is 5.12. The Bertz CT molecular complexity index is 895. The van der Waals surface area contributed by atoms with E-state index in [1.807, 2.05) is 18.2 Å². The van der Waals surface area contributed by atoms with Gasteiger partial charge in [0.2, 0.25) is 0 Å². The van der Waals surface area contributed by atoms with Crippen molar-refractivity contribution < 1.29 is 4.79 Å². The molecule has 0 saturated carbocycles. The molecule has 0 atom stereocenters. The first-order valence-electron chi connectivity index (χ1n) is 7.23. The van der Waals surface area contributed by atoms with Gasteiger partial charge in [0.1, 0.15) is 6.07 Å². The highest BCUT2D eigenvalue weighted by atomic mass is 32.2. The maximum Gasteiger partial charge on any atom is 0.264 e. The van der Waals surface area contributed by atoms with Crippen LogP contribution in [0.5, 0.6) is 0 Å². The number of thioether (sulfide) groups is 1. The molecule has 0 spiro atoms. The summed E-state index contributed by atoms with van der Waals surface area (Å²) in [6.45, 7) is 2.07. The first-order valence-corrected chi connectivity index (χ1v) is 8.05. The first kappa shape index (κ1) is 15.3. The van der Waals surface area contributed by atoms with Crippen LogP contribution in [0.3, 0.4) is 0 Å². The van der Waals surface area contributed by atoms with Crippen molar-refractivity contribution in [2.24, 2.45) is 0 Å². The summed E-state index contributed by atoms with van der Waals surface area (Å²) in [5.74, 6) is -0.252. The van der Waals surface area contributed by atoms with Crippen molar-refractivity contribution in [3.05, 3.63) is 46.0 Å². The molecule has 1 aliphatic heterocycles. The number of carbonyl (C=O) groups is 1. The van der Waals surface area contributed by atoms with Gasteiger partial charge in [-0.05, 0) is 47.5 Å². The van der Waals surface area contributed by atoms with Crippen molar-refractivity contribution in [3.8, 4) is 6.07 Å². The maximum atomic E-state index is 11.7. The zero-order valence-corrected chi connectivity index (χ0v) is 13.3. The van der Waals surface area contributed by atoms with Crippen LogP contribution in [0.4, 0.5) is 0 Å². The summed E-state index contributed by atoms with van der Waals surface area (Å²) in [5, 5.41) is 20.3. The number of amidine groups is 1. The Morgan fingerprint density at radius 3 is 2.96 bits per heavy atom. The van der Waals surface area contributed by atoms with Crippen molar-refractivity contribution in [2.75, 3.05) is 0 Å². The number of fused-ring (bicyclic) bond motifs is 1. The molecule has 1 aromatic heterocycles. The third-order valence-corrected chi connectivity index (χ3v) is 4.41. The normalized spacial score (nSPS) is 15.9. The highest BCUT2D eigenvalue weighted by Crippen LogP contribution is 2.28. The van der Waals surface area contributed by atoms with Gasteiger partial charge in [0.05, 0.1) is 16.0 Å². The lowest BCUT2D eigenvalue weighted by atomic mass is 9.98. The van der Waals surface area contributed by atoms with Gasteiger partial charge < -0.3 is 5.32 Å². The molecule has 0 aliphatic carbocycles. The summed E-state index contributed by atoms with van der Waals surface area (Å²) >= 11 is 1.11. The Hall–Kier alpha value is -2.65. The van der Waals surface area contributed by atoms with Gasteiger partial charge in [-0.3, -0.25) is 15.2 Å². The van der Waals surface area contributed by atoms with Gasteiger partial charge >= 0.3 is 0 Å². The van der Waals surface area contributed by atoms with Crippen molar-refractivity contribution in [2.45, 2.75) is 19.8 Å². The SMILES string of the molecule is CCCc1c(C#N)cnc2ccc(/C=C3\SC(=N)NC3=O)cc12. The second-order valence-corrected chi connectivity index (χ2v) is 6.23. The number of carbonyl (C=O) groups excluding carboxylic acids is 1. The van der Waals surface area contributed by atoms with Crippen LogP contribution in [0.25, 0.3) is 17.0 Å². The molecule has 1 aromatic carbocycles. The van der Waals surface area contributed by atoms with Crippen LogP contribution in [-0.2, 0) is 11.2 Å². The van der Waals surface area contributed by atoms with Crippen molar-refractivity contribution in [1.29, 1.82) is 10.7 Å². The molecule has 0 radical (unpaired) electrons. The van der Waals surface area contributed by atoms with Crippen LogP contribution in [0.2, 0.25) is 0 Å². The number of nitrogens with zero attached hydrogens (tertiary/aromatic N) is 2. The molecule has 114 valence electrons. The number of nitrogens with one attached hydrogen (secondary N) is 2. The molecule has 23 heavy (non-hydrogen) atoms. The van der Waals surface area contributed by atoms with Crippen molar-refractivity contribution in [1.82, 2.24) is 10.3 Å². The molecule has 2 N–H and O–H groups in total. The van der Waals surface area contributed by atoms with E-state index in [1.54, 1.807) is 12.3 Å². The van der Waals surface area contributed by atoms with E-state index in [0.29, 0.717) is 10.5 Å². The Balaban J connectivity index is 2.12. The Kier molecular flexibility index (Phi) is 4.13. The van der Waals surface area contributed by atoms with Crippen LogP contribution in [0.1, 0.15) is 30.0 Å². The number of benzene rings is 1. The zero-order chi connectivity index (χ0) is 16.4. The number of aryl methyl sites for hydroxylation is 1. The van der Waals surface area contributed by atoms with Gasteiger partial charge in [-0.15, -0.1) is 0 Å². The summed E-state index contributed by atoms with van der Waals surface area (Å²) in [7, 11) is 0. The average molecular weight is 322 g/mol. The third kappa shape index (κ3) is 2.96. The minimum atomic E-state index is -0.252. The van der Waals surface area contributed by atoms with E-state index < -0.39 is 0 Å². The van der Waals surface area contributed by atoms with Crippen molar-refractivity contribution in [3.63, 3.8) is 0 Å². The minimum Gasteiger partial charge on any atom is -0.301 e. The van der Waals surface area contributed by atoms with E-state index in [2.05, 4.69) is 23.3 Å². The number of hydrogen-bond donors (Lipinski definition) is 2. The molecular formula is C17H14N4OS. The quantitative estimate of drug-likeness (QED) is 0.849. The Labute approximate surface area is 137 Å². The Morgan fingerprint density at radius 2 is 2.30 bits per heavy atom. The molecule has 0 unspecified atom stereocenters. The lowest BCUT2D eigenvalue weighted by Crippen LogP contribution is -2.18. The lowest BCUT2D eigenvalue weighted by molar-refractivity contribution is -0.115. The van der Waals surface area contributed by atoms with Gasteiger partial charge in [0.15, 0.2) is 5.17 Å². The minimum absolute atomic E-state index is 0.141. The first-order chi connectivity index (χ1) is 11.1. The van der Waals surface area contributed by atoms with E-state index in [4.69, 9.17) is 5.41 Å². The molecule has 2 heterocycles. The molecule has 2 aromatic rings. The maximum absolute atomic E-state index is 11.7. The molecule has 0 bridgehead atoms. The standard InChI is InChI=1S/C17H14N4OS/c1-2-3-12-11(8-18)9-20-14-5-4-10(6-13(12)14)7-15-16(22)21-17(19)23-15/h4-7,9H,2-3H2,1H3,(H2,19,21,22)/b15-7-. The number of aromatic nitrogens is 1. The molecular weight excluding hydrogens is 308 g/mol. The summed E-state index contributed by atoms with van der Waals surface area (Å²) < 4.78 is 0. The highest BCUT2D eigenvalue weighted by molar-refractivity contribution is 8.18. The molecule has 1 saturated heterocycles. The fourth-order valence-electron chi connectivity index (χ4n) is 2.56. The van der Waals surface area contributed by atoms with E-state index >= 15 is 0 Å². The molecule has 5 nitrogen and oxygen atoms in total. The molecule has 6 heteroatoms. The second kappa shape index (κ2) is 6.23. The fraction of sp³-hybridized carbons (Fsp3) is 0.176. The van der Waals surface area contributed by atoms with Crippen LogP contribution in [0, 0.1) is 16.7 Å². The number of nitriles is 1. The molecule has 1 amide bonds. The largest absolute Gasteiger partial charge is 0.301 e. The number of hydrogen-bond acceptors (Lipinski definition) is 5. The van der Waals surface area contributed by atoms with Crippen molar-refractivity contribution >= 4 is 39.8 Å². The Morgan fingerprint density at radius 1 is 1.48 bits per heavy atom. The van der Waals surface area contributed by atoms with Gasteiger partial charge in [0, 0.05) is 11.6 Å². The summed E-state index contributed by atoms with van der Waals surface area (Å²) in [6, 6.07) is 7.94. The molecule has 1 fully saturated rings. The van der Waals surface area contributed by atoms with E-state index in [9.17, 15) is 10.1 Å². The number of amides is 1. The van der Waals surface area contributed by atoms with E-state index in [0.717, 1.165) is 46.6 Å². The van der Waals surface area contributed by atoms with Crippen LogP contribution < -0.4 is 5.32 Å². The van der Waals surface area contributed by atoms with Gasteiger partial charge in [0.25, 0.3) is 5.91 Å². The van der Waals surface area contributed by atoms with Crippen LogP contribution in [-0.4, -0.2) is 16.1 Å². The lowest BCUT2D eigenvalue weighted by Gasteiger charge is -2.08. The van der Waals surface area contributed by atoms with E-state index in [1.165, 1.54) is 0 Å². The van der Waals surface area contributed by atoms with Crippen LogP contribution in [0.15, 0.2) is 29.3 Å². The summed E-state index contributed by atoms with van der Waals surface area (Å²) in [4.78, 5) is 16.6. The number of pyridine rings is 1. The van der Waals surface area contributed by atoms with Gasteiger partial charge in [-0.2, -0.15) is 5.26 Å².